The third kappa shape index (κ3) is 6.36. The van der Waals surface area contributed by atoms with E-state index in [1.807, 2.05) is 0 Å². The summed E-state index contributed by atoms with van der Waals surface area (Å²) in [4.78, 5) is 36.7. The zero-order chi connectivity index (χ0) is 21.9. The molecule has 9 nitrogen and oxygen atoms in total. The van der Waals surface area contributed by atoms with Crippen molar-refractivity contribution in [2.75, 3.05) is 19.7 Å². The van der Waals surface area contributed by atoms with Crippen molar-refractivity contribution in [3.05, 3.63) is 53.7 Å². The average Bonchev–Trinajstić information content (AvgIpc) is 2.76. The van der Waals surface area contributed by atoms with Gasteiger partial charge in [-0.1, -0.05) is 12.1 Å². The fraction of sp³-hybridized carbons (Fsp3) is 0.333. The van der Waals surface area contributed by atoms with Crippen molar-refractivity contribution in [1.82, 2.24) is 15.6 Å². The number of hydrogen-bond acceptors (Lipinski definition) is 7. The van der Waals surface area contributed by atoms with Gasteiger partial charge < -0.3 is 25.6 Å². The molecule has 2 atom stereocenters. The molecule has 3 rings (SSSR count). The molecule has 0 bridgehead atoms. The van der Waals surface area contributed by atoms with Crippen LogP contribution in [0.25, 0.3) is 11.3 Å². The van der Waals surface area contributed by atoms with Crippen molar-refractivity contribution >= 4 is 18.3 Å². The molecule has 0 aliphatic carbocycles. The van der Waals surface area contributed by atoms with Crippen LogP contribution in [0.3, 0.4) is 0 Å². The first-order valence-corrected chi connectivity index (χ1v) is 9.51. The number of piperidine rings is 1. The lowest BCUT2D eigenvalue weighted by atomic mass is 10.0. The fourth-order valence-electron chi connectivity index (χ4n) is 2.95. The largest absolute Gasteiger partial charge is 0.483 e. The van der Waals surface area contributed by atoms with Gasteiger partial charge >= 0.3 is 5.97 Å². The van der Waals surface area contributed by atoms with E-state index in [1.54, 1.807) is 43.3 Å². The van der Waals surface area contributed by atoms with Gasteiger partial charge in [-0.15, -0.1) is 0 Å². The molecule has 2 heterocycles. The number of carbonyl (C=O) groups is 3. The first-order valence-electron chi connectivity index (χ1n) is 9.51. The van der Waals surface area contributed by atoms with Gasteiger partial charge in [-0.2, -0.15) is 0 Å². The number of aromatic nitrogens is 1. The lowest BCUT2D eigenvalue weighted by Crippen LogP contribution is -2.52. The van der Waals surface area contributed by atoms with Crippen molar-refractivity contribution in [2.24, 2.45) is 0 Å². The smallest absolute Gasteiger partial charge is 0.339 e. The Morgan fingerprint density at radius 2 is 1.90 bits per heavy atom. The molecule has 0 saturated carbocycles. The van der Waals surface area contributed by atoms with E-state index in [-0.39, 0.29) is 18.4 Å². The fourth-order valence-corrected chi connectivity index (χ4v) is 2.95. The number of carboxylic acid groups (broad SMARTS) is 1. The molecule has 1 saturated heterocycles. The Bertz CT molecular complexity index is 839. The van der Waals surface area contributed by atoms with Gasteiger partial charge in [0.05, 0.1) is 30.0 Å². The summed E-state index contributed by atoms with van der Waals surface area (Å²) in [5.41, 5.74) is 2.46. The molecule has 2 aromatic rings. The van der Waals surface area contributed by atoms with Crippen LogP contribution in [0, 0.1) is 0 Å². The van der Waals surface area contributed by atoms with Crippen molar-refractivity contribution in [1.29, 1.82) is 0 Å². The van der Waals surface area contributed by atoms with Crippen LogP contribution >= 0.6 is 0 Å². The van der Waals surface area contributed by atoms with Crippen molar-refractivity contribution in [2.45, 2.75) is 25.5 Å². The molecule has 1 aromatic heterocycles. The Morgan fingerprint density at radius 3 is 2.47 bits per heavy atom. The summed E-state index contributed by atoms with van der Waals surface area (Å²) < 4.78 is 4.94. The number of nitrogens with zero attached hydrogens (tertiary/aromatic N) is 1. The van der Waals surface area contributed by atoms with Crippen molar-refractivity contribution in [3.8, 4) is 11.3 Å². The second-order valence-corrected chi connectivity index (χ2v) is 6.48. The number of amides is 1. The van der Waals surface area contributed by atoms with Crippen LogP contribution in [-0.4, -0.2) is 65.4 Å². The zero-order valence-corrected chi connectivity index (χ0v) is 16.6. The number of nitrogens with one attached hydrogen (secondary N) is 2. The SMILES string of the molecule is CCOC(=O)c1ccc(-c2ccc(C(=O)N[C@@H]3CCNC[C@H]3O)cc2)nc1.O=CO. The molecule has 9 heteroatoms. The molecule has 1 amide bonds. The maximum absolute atomic E-state index is 12.4. The highest BCUT2D eigenvalue weighted by Crippen LogP contribution is 2.18. The van der Waals surface area contributed by atoms with Crippen molar-refractivity contribution < 1.29 is 29.3 Å². The maximum atomic E-state index is 12.4. The van der Waals surface area contributed by atoms with Gasteiger partial charge in [0.2, 0.25) is 0 Å². The van der Waals surface area contributed by atoms with Crippen molar-refractivity contribution in [3.63, 3.8) is 0 Å². The van der Waals surface area contributed by atoms with Gasteiger partial charge in [0.25, 0.3) is 12.4 Å². The Balaban J connectivity index is 0.00000101. The van der Waals surface area contributed by atoms with E-state index in [2.05, 4.69) is 15.6 Å². The highest BCUT2D eigenvalue weighted by molar-refractivity contribution is 5.95. The normalized spacial score (nSPS) is 17.8. The Labute approximate surface area is 174 Å². The summed E-state index contributed by atoms with van der Waals surface area (Å²) in [6.45, 7) is 3.08. The summed E-state index contributed by atoms with van der Waals surface area (Å²) in [6.07, 6.45) is 1.60. The van der Waals surface area contributed by atoms with Crippen LogP contribution < -0.4 is 10.6 Å². The first-order chi connectivity index (χ1) is 14.5. The quantitative estimate of drug-likeness (QED) is 0.420. The number of ether oxygens (including phenoxy) is 1. The molecule has 1 aromatic carbocycles. The van der Waals surface area contributed by atoms with Crippen LogP contribution in [0.15, 0.2) is 42.6 Å². The standard InChI is InChI=1S/C20H23N3O4.CH2O2/c1-2-27-20(26)15-7-8-16(22-11-15)13-3-5-14(6-4-13)19(25)23-17-9-10-21-12-18(17)24;2-1-3/h3-8,11,17-18,21,24H,2,9-10,12H2,1H3,(H,23,25);1H,(H,2,3)/t17-,18-;/m1./s1. The number of aliphatic hydroxyl groups excluding tert-OH is 1. The molecular formula is C21H25N3O6. The second kappa shape index (κ2) is 11.6. The summed E-state index contributed by atoms with van der Waals surface area (Å²) in [6, 6.07) is 10.2. The Hall–Kier alpha value is -3.30. The molecule has 4 N–H and O–H groups in total. The van der Waals surface area contributed by atoms with Crippen LogP contribution in [0.4, 0.5) is 0 Å². The molecule has 1 aliphatic heterocycles. The summed E-state index contributed by atoms with van der Waals surface area (Å²) >= 11 is 0. The molecule has 160 valence electrons. The van der Waals surface area contributed by atoms with Crippen LogP contribution in [0.2, 0.25) is 0 Å². The Kier molecular flexibility index (Phi) is 8.92. The van der Waals surface area contributed by atoms with Gasteiger partial charge in [0, 0.05) is 23.9 Å². The van der Waals surface area contributed by atoms with E-state index < -0.39 is 12.1 Å². The highest BCUT2D eigenvalue weighted by Gasteiger charge is 2.24. The number of aliphatic hydroxyl groups is 1. The van der Waals surface area contributed by atoms with E-state index in [1.165, 1.54) is 6.20 Å². The lowest BCUT2D eigenvalue weighted by Gasteiger charge is -2.29. The molecule has 30 heavy (non-hydrogen) atoms. The molecule has 0 spiro atoms. The predicted octanol–water partition coefficient (Wildman–Crippen LogP) is 1.08. The van der Waals surface area contributed by atoms with E-state index in [9.17, 15) is 14.7 Å². The number of carbonyl (C=O) groups excluding carboxylic acids is 2. The van der Waals surface area contributed by atoms with Crippen LogP contribution in [0.5, 0.6) is 0 Å². The summed E-state index contributed by atoms with van der Waals surface area (Å²) in [7, 11) is 0. The van der Waals surface area contributed by atoms with E-state index in [0.29, 0.717) is 36.4 Å². The maximum Gasteiger partial charge on any atom is 0.339 e. The van der Waals surface area contributed by atoms with Crippen LogP contribution in [-0.2, 0) is 9.53 Å². The number of pyridine rings is 1. The zero-order valence-electron chi connectivity index (χ0n) is 16.6. The molecule has 1 fully saturated rings. The lowest BCUT2D eigenvalue weighted by molar-refractivity contribution is -0.122. The van der Waals surface area contributed by atoms with E-state index in [4.69, 9.17) is 14.6 Å². The third-order valence-electron chi connectivity index (χ3n) is 4.48. The summed E-state index contributed by atoms with van der Waals surface area (Å²) in [5, 5.41) is 22.8. The molecular weight excluding hydrogens is 390 g/mol. The number of benzene rings is 1. The third-order valence-corrected chi connectivity index (χ3v) is 4.48. The Morgan fingerprint density at radius 1 is 1.23 bits per heavy atom. The molecule has 0 unspecified atom stereocenters. The van der Waals surface area contributed by atoms with E-state index >= 15 is 0 Å². The topological polar surface area (TPSA) is 138 Å². The predicted molar refractivity (Wildman–Crippen MR) is 109 cm³/mol. The van der Waals surface area contributed by atoms with Crippen LogP contribution in [0.1, 0.15) is 34.1 Å². The number of rotatable bonds is 5. The minimum Gasteiger partial charge on any atom is -0.483 e. The minimum atomic E-state index is -0.580. The molecule has 0 radical (unpaired) electrons. The first kappa shape index (κ1) is 23.0. The number of β-amino-alcohol motifs (C(OH)–C–C–N with tert-alkyl or cyclic N) is 1. The van der Waals surface area contributed by atoms with Gasteiger partial charge in [-0.25, -0.2) is 4.79 Å². The van der Waals surface area contributed by atoms with Gasteiger partial charge in [-0.05, 0) is 44.2 Å². The van der Waals surface area contributed by atoms with Gasteiger partial charge in [-0.3, -0.25) is 14.6 Å². The minimum absolute atomic E-state index is 0.210. The second-order valence-electron chi connectivity index (χ2n) is 6.48. The van der Waals surface area contributed by atoms with E-state index in [0.717, 1.165) is 12.1 Å². The van der Waals surface area contributed by atoms with Gasteiger partial charge in [0.15, 0.2) is 0 Å². The summed E-state index contributed by atoms with van der Waals surface area (Å²) in [5.74, 6) is -0.609. The molecule has 1 aliphatic rings. The monoisotopic (exact) mass is 415 g/mol. The highest BCUT2D eigenvalue weighted by atomic mass is 16.5. The number of hydrogen-bond donors (Lipinski definition) is 4. The number of esters is 1. The average molecular weight is 415 g/mol. The van der Waals surface area contributed by atoms with Gasteiger partial charge in [0.1, 0.15) is 0 Å².